The van der Waals surface area contributed by atoms with E-state index in [1.54, 1.807) is 0 Å². The fourth-order valence-electron chi connectivity index (χ4n) is 1.33. The number of ether oxygens (including phenoxy) is 1. The maximum atomic E-state index is 11.5. The molecule has 1 rings (SSSR count). The maximum absolute atomic E-state index is 11.5. The first kappa shape index (κ1) is 10.8. The molecule has 1 aliphatic heterocycles. The number of carbonyl (C=O) groups is 1. The lowest BCUT2D eigenvalue weighted by Gasteiger charge is -2.21. The quantitative estimate of drug-likeness (QED) is 0.703. The Morgan fingerprint density at radius 1 is 1.77 bits per heavy atom. The number of carbonyl (C=O) groups excluding carboxylic acids is 1. The van der Waals surface area contributed by atoms with Crippen LogP contribution in [-0.2, 0) is 9.53 Å². The molecule has 4 heteroatoms. The van der Waals surface area contributed by atoms with Crippen LogP contribution in [0.2, 0.25) is 0 Å². The average Bonchev–Trinajstić information content (AvgIpc) is 2.15. The van der Waals surface area contributed by atoms with Crippen LogP contribution in [0.4, 0.5) is 0 Å². The summed E-state index contributed by atoms with van der Waals surface area (Å²) in [6, 6.07) is 0. The number of rotatable bonds is 3. The van der Waals surface area contributed by atoms with E-state index in [4.69, 9.17) is 16.3 Å². The summed E-state index contributed by atoms with van der Waals surface area (Å²) in [6.45, 7) is 3.74. The molecule has 0 aromatic heterocycles. The van der Waals surface area contributed by atoms with Gasteiger partial charge in [-0.3, -0.25) is 4.79 Å². The van der Waals surface area contributed by atoms with Crippen LogP contribution in [0.5, 0.6) is 0 Å². The molecule has 76 valence electrons. The molecule has 0 aromatic rings. The Balaban J connectivity index is 2.21. The Kier molecular flexibility index (Phi) is 4.53. The Hall–Kier alpha value is -0.280. The average molecular weight is 206 g/mol. The van der Waals surface area contributed by atoms with Gasteiger partial charge in [0.15, 0.2) is 0 Å². The van der Waals surface area contributed by atoms with E-state index in [-0.39, 0.29) is 17.2 Å². The van der Waals surface area contributed by atoms with E-state index in [1.807, 2.05) is 6.92 Å². The number of nitrogens with one attached hydrogen (secondary N) is 1. The zero-order valence-corrected chi connectivity index (χ0v) is 8.64. The van der Waals surface area contributed by atoms with Crippen molar-refractivity contribution in [2.24, 2.45) is 5.92 Å². The van der Waals surface area contributed by atoms with Gasteiger partial charge in [0.05, 0.1) is 12.5 Å². The number of hydrogen-bond acceptors (Lipinski definition) is 2. The van der Waals surface area contributed by atoms with Crippen molar-refractivity contribution in [3.05, 3.63) is 0 Å². The van der Waals surface area contributed by atoms with Crippen molar-refractivity contribution in [3.63, 3.8) is 0 Å². The second kappa shape index (κ2) is 5.45. The molecule has 0 radical (unpaired) electrons. The highest BCUT2D eigenvalue weighted by molar-refractivity contribution is 6.20. The number of hydrogen-bond donors (Lipinski definition) is 1. The van der Waals surface area contributed by atoms with Crippen LogP contribution in [-0.4, -0.2) is 31.0 Å². The van der Waals surface area contributed by atoms with Crippen LogP contribution in [0.15, 0.2) is 0 Å². The largest absolute Gasteiger partial charge is 0.381 e. The normalized spacial score (nSPS) is 25.2. The van der Waals surface area contributed by atoms with Gasteiger partial charge in [0.2, 0.25) is 5.91 Å². The van der Waals surface area contributed by atoms with Crippen LogP contribution in [0.1, 0.15) is 19.8 Å². The molecule has 1 heterocycles. The Morgan fingerprint density at radius 3 is 3.08 bits per heavy atom. The molecule has 2 unspecified atom stereocenters. The van der Waals surface area contributed by atoms with Gasteiger partial charge in [-0.05, 0) is 19.8 Å². The molecule has 3 nitrogen and oxygen atoms in total. The molecule has 0 aromatic carbocycles. The molecule has 13 heavy (non-hydrogen) atoms. The third-order valence-electron chi connectivity index (χ3n) is 2.09. The van der Waals surface area contributed by atoms with Crippen molar-refractivity contribution in [2.75, 3.05) is 19.8 Å². The maximum Gasteiger partial charge on any atom is 0.225 e. The van der Waals surface area contributed by atoms with Crippen molar-refractivity contribution < 1.29 is 9.53 Å². The predicted octanol–water partition coefficient (Wildman–Crippen LogP) is 1.16. The molecule has 1 aliphatic rings. The molecule has 2 atom stereocenters. The van der Waals surface area contributed by atoms with Crippen LogP contribution in [0.25, 0.3) is 0 Å². The smallest absolute Gasteiger partial charge is 0.225 e. The van der Waals surface area contributed by atoms with Crippen molar-refractivity contribution in [1.82, 2.24) is 5.32 Å². The van der Waals surface area contributed by atoms with Gasteiger partial charge in [0.1, 0.15) is 0 Å². The Bertz CT molecular complexity index is 167. The summed E-state index contributed by atoms with van der Waals surface area (Å²) in [6.07, 6.45) is 1.91. The standard InChI is InChI=1S/C9H16ClNO2/c1-7(10)5-11-9(12)8-3-2-4-13-6-8/h7-8H,2-6H2,1H3,(H,11,12). The van der Waals surface area contributed by atoms with E-state index >= 15 is 0 Å². The van der Waals surface area contributed by atoms with Crippen LogP contribution < -0.4 is 5.32 Å². The van der Waals surface area contributed by atoms with E-state index < -0.39 is 0 Å². The molecule has 0 bridgehead atoms. The molecule has 1 N–H and O–H groups in total. The molecule has 0 spiro atoms. The van der Waals surface area contributed by atoms with Crippen molar-refractivity contribution >= 4 is 17.5 Å². The lowest BCUT2D eigenvalue weighted by molar-refractivity contribution is -0.128. The zero-order valence-electron chi connectivity index (χ0n) is 7.88. The van der Waals surface area contributed by atoms with Crippen LogP contribution >= 0.6 is 11.6 Å². The fraction of sp³-hybridized carbons (Fsp3) is 0.889. The lowest BCUT2D eigenvalue weighted by atomic mass is 10.0. The fourth-order valence-corrected chi connectivity index (χ4v) is 1.41. The zero-order chi connectivity index (χ0) is 9.68. The Labute approximate surface area is 83.8 Å². The molecular weight excluding hydrogens is 190 g/mol. The summed E-state index contributed by atoms with van der Waals surface area (Å²) in [5, 5.41) is 2.79. The summed E-state index contributed by atoms with van der Waals surface area (Å²) in [4.78, 5) is 11.5. The van der Waals surface area contributed by atoms with Gasteiger partial charge in [-0.25, -0.2) is 0 Å². The highest BCUT2D eigenvalue weighted by Gasteiger charge is 2.21. The van der Waals surface area contributed by atoms with Crippen molar-refractivity contribution in [2.45, 2.75) is 25.1 Å². The number of alkyl halides is 1. The van der Waals surface area contributed by atoms with Gasteiger partial charge in [0.25, 0.3) is 0 Å². The third kappa shape index (κ3) is 3.96. The van der Waals surface area contributed by atoms with Crippen molar-refractivity contribution in [3.8, 4) is 0 Å². The highest BCUT2D eigenvalue weighted by atomic mass is 35.5. The molecule has 0 saturated carbocycles. The van der Waals surface area contributed by atoms with Gasteiger partial charge in [-0.15, -0.1) is 11.6 Å². The van der Waals surface area contributed by atoms with E-state index in [0.29, 0.717) is 13.2 Å². The topological polar surface area (TPSA) is 38.3 Å². The van der Waals surface area contributed by atoms with Gasteiger partial charge in [-0.1, -0.05) is 0 Å². The summed E-state index contributed by atoms with van der Waals surface area (Å²) >= 11 is 5.71. The minimum atomic E-state index is -0.00606. The van der Waals surface area contributed by atoms with E-state index in [2.05, 4.69) is 5.32 Å². The minimum absolute atomic E-state index is 0.00606. The van der Waals surface area contributed by atoms with Gasteiger partial charge in [-0.2, -0.15) is 0 Å². The third-order valence-corrected chi connectivity index (χ3v) is 2.24. The minimum Gasteiger partial charge on any atom is -0.381 e. The van der Waals surface area contributed by atoms with E-state index in [1.165, 1.54) is 0 Å². The van der Waals surface area contributed by atoms with Gasteiger partial charge >= 0.3 is 0 Å². The summed E-state index contributed by atoms with van der Waals surface area (Å²) in [5.74, 6) is 0.108. The molecule has 0 aliphatic carbocycles. The molecule has 1 amide bonds. The van der Waals surface area contributed by atoms with Gasteiger partial charge < -0.3 is 10.1 Å². The molecule has 1 fully saturated rings. The first-order valence-corrected chi connectivity index (χ1v) is 5.13. The monoisotopic (exact) mass is 205 g/mol. The first-order chi connectivity index (χ1) is 6.20. The number of halogens is 1. The Morgan fingerprint density at radius 2 is 2.54 bits per heavy atom. The summed E-state index contributed by atoms with van der Waals surface area (Å²) < 4.78 is 5.22. The van der Waals surface area contributed by atoms with E-state index in [0.717, 1.165) is 19.4 Å². The second-order valence-electron chi connectivity index (χ2n) is 3.44. The second-order valence-corrected chi connectivity index (χ2v) is 4.19. The number of amides is 1. The molecule has 1 saturated heterocycles. The lowest BCUT2D eigenvalue weighted by Crippen LogP contribution is -2.37. The van der Waals surface area contributed by atoms with Crippen molar-refractivity contribution in [1.29, 1.82) is 0 Å². The summed E-state index contributed by atoms with van der Waals surface area (Å²) in [5.41, 5.74) is 0. The first-order valence-electron chi connectivity index (χ1n) is 4.69. The van der Waals surface area contributed by atoms with Gasteiger partial charge in [0, 0.05) is 18.5 Å². The van der Waals surface area contributed by atoms with E-state index in [9.17, 15) is 4.79 Å². The summed E-state index contributed by atoms with van der Waals surface area (Å²) in [7, 11) is 0. The van der Waals surface area contributed by atoms with Crippen LogP contribution in [0.3, 0.4) is 0 Å². The predicted molar refractivity (Wildman–Crippen MR) is 51.9 cm³/mol. The molecular formula is C9H16ClNO2. The SMILES string of the molecule is CC(Cl)CNC(=O)C1CCCOC1. The highest BCUT2D eigenvalue weighted by Crippen LogP contribution is 2.13. The van der Waals surface area contributed by atoms with Crippen LogP contribution in [0, 0.1) is 5.92 Å².